The second-order valence-electron chi connectivity index (χ2n) is 8.35. The smallest absolute Gasteiger partial charge is 0.326 e. The number of aromatic nitrogens is 2. The summed E-state index contributed by atoms with van der Waals surface area (Å²) in [4.78, 5) is 89.7. The van der Waals surface area contributed by atoms with E-state index in [1.807, 2.05) is 0 Å². The Kier molecular flexibility index (Phi) is 12.9. The highest BCUT2D eigenvalue weighted by Crippen LogP contribution is 2.06. The highest BCUT2D eigenvalue weighted by atomic mass is 16.4. The largest absolute Gasteiger partial charge is 0.481 e. The van der Waals surface area contributed by atoms with Crippen LogP contribution in [-0.4, -0.2) is 85.8 Å². The molecule has 1 aromatic rings. The molecule has 1 aromatic heterocycles. The van der Waals surface area contributed by atoms with Gasteiger partial charge in [0.1, 0.15) is 18.1 Å². The predicted molar refractivity (Wildman–Crippen MR) is 127 cm³/mol. The molecule has 210 valence electrons. The third-order valence-electron chi connectivity index (χ3n) is 5.22. The van der Waals surface area contributed by atoms with E-state index in [9.17, 15) is 38.7 Å². The van der Waals surface area contributed by atoms with Crippen LogP contribution in [0.25, 0.3) is 0 Å². The highest BCUT2D eigenvalue weighted by molar-refractivity contribution is 5.94. The molecule has 0 saturated heterocycles. The molecule has 12 N–H and O–H groups in total. The molecular formula is C21H32N8O9. The van der Waals surface area contributed by atoms with Gasteiger partial charge < -0.3 is 48.3 Å². The lowest BCUT2D eigenvalue weighted by molar-refractivity contribution is -0.142. The van der Waals surface area contributed by atoms with E-state index in [-0.39, 0.29) is 38.5 Å². The number of rotatable bonds is 18. The molecule has 0 aliphatic carbocycles. The van der Waals surface area contributed by atoms with Gasteiger partial charge >= 0.3 is 11.9 Å². The van der Waals surface area contributed by atoms with Gasteiger partial charge in [-0.2, -0.15) is 0 Å². The molecule has 4 atom stereocenters. The van der Waals surface area contributed by atoms with Crippen LogP contribution in [0, 0.1) is 0 Å². The van der Waals surface area contributed by atoms with Crippen molar-refractivity contribution in [2.75, 3.05) is 0 Å². The molecule has 0 fully saturated rings. The second kappa shape index (κ2) is 15.5. The maximum Gasteiger partial charge on any atom is 0.326 e. The third kappa shape index (κ3) is 11.9. The van der Waals surface area contributed by atoms with Gasteiger partial charge in [0.15, 0.2) is 0 Å². The van der Waals surface area contributed by atoms with Crippen LogP contribution < -0.4 is 33.2 Å². The Labute approximate surface area is 216 Å². The number of imidazole rings is 1. The van der Waals surface area contributed by atoms with Crippen LogP contribution in [-0.2, 0) is 40.0 Å². The number of amides is 5. The van der Waals surface area contributed by atoms with E-state index in [4.69, 9.17) is 22.3 Å². The number of carbonyl (C=O) groups is 7. The number of aromatic amines is 1. The fourth-order valence-corrected chi connectivity index (χ4v) is 3.19. The summed E-state index contributed by atoms with van der Waals surface area (Å²) in [6.45, 7) is 0. The van der Waals surface area contributed by atoms with Crippen molar-refractivity contribution in [3.8, 4) is 0 Å². The van der Waals surface area contributed by atoms with Gasteiger partial charge in [-0.05, 0) is 19.3 Å². The van der Waals surface area contributed by atoms with Gasteiger partial charge in [-0.1, -0.05) is 0 Å². The number of nitrogens with zero attached hydrogens (tertiary/aromatic N) is 1. The van der Waals surface area contributed by atoms with E-state index in [2.05, 4.69) is 25.9 Å². The van der Waals surface area contributed by atoms with Crippen molar-refractivity contribution in [2.45, 2.75) is 69.1 Å². The molecule has 17 heteroatoms. The molecule has 0 radical (unpaired) electrons. The number of primary amides is 2. The number of carboxylic acids is 2. The molecule has 5 amide bonds. The van der Waals surface area contributed by atoms with Crippen molar-refractivity contribution in [3.05, 3.63) is 18.2 Å². The lowest BCUT2D eigenvalue weighted by Gasteiger charge is -2.25. The summed E-state index contributed by atoms with van der Waals surface area (Å²) in [6, 6.07) is -5.61. The molecular weight excluding hydrogens is 508 g/mol. The summed E-state index contributed by atoms with van der Waals surface area (Å²) in [5.41, 5.74) is 16.5. The molecule has 0 bridgehead atoms. The third-order valence-corrected chi connectivity index (χ3v) is 5.22. The molecule has 17 nitrogen and oxygen atoms in total. The maximum absolute atomic E-state index is 13.0. The van der Waals surface area contributed by atoms with Crippen LogP contribution in [0.3, 0.4) is 0 Å². The minimum Gasteiger partial charge on any atom is -0.481 e. The Hall–Kier alpha value is -4.54. The molecule has 0 aliphatic rings. The van der Waals surface area contributed by atoms with Gasteiger partial charge in [-0.3, -0.25) is 28.8 Å². The van der Waals surface area contributed by atoms with E-state index in [1.165, 1.54) is 12.5 Å². The molecule has 0 aliphatic heterocycles. The number of aliphatic carboxylic acids is 2. The second-order valence-corrected chi connectivity index (χ2v) is 8.35. The summed E-state index contributed by atoms with van der Waals surface area (Å²) < 4.78 is 0. The van der Waals surface area contributed by atoms with E-state index < -0.39 is 72.1 Å². The van der Waals surface area contributed by atoms with Crippen LogP contribution in [0.5, 0.6) is 0 Å². The van der Waals surface area contributed by atoms with Crippen LogP contribution in [0.2, 0.25) is 0 Å². The van der Waals surface area contributed by atoms with E-state index >= 15 is 0 Å². The average molecular weight is 541 g/mol. The Balaban J connectivity index is 3.01. The molecule has 0 saturated carbocycles. The summed E-state index contributed by atoms with van der Waals surface area (Å²) in [7, 11) is 0. The minimum absolute atomic E-state index is 0.0324. The van der Waals surface area contributed by atoms with Crippen molar-refractivity contribution in [3.63, 3.8) is 0 Å². The Morgan fingerprint density at radius 1 is 0.789 bits per heavy atom. The molecule has 4 unspecified atom stereocenters. The Morgan fingerprint density at radius 3 is 1.71 bits per heavy atom. The Morgan fingerprint density at radius 2 is 1.26 bits per heavy atom. The van der Waals surface area contributed by atoms with E-state index in [0.717, 1.165) is 0 Å². The first-order chi connectivity index (χ1) is 17.8. The fourth-order valence-electron chi connectivity index (χ4n) is 3.19. The van der Waals surface area contributed by atoms with Crippen molar-refractivity contribution in [2.24, 2.45) is 17.2 Å². The van der Waals surface area contributed by atoms with Crippen LogP contribution in [0.4, 0.5) is 0 Å². The van der Waals surface area contributed by atoms with E-state index in [0.29, 0.717) is 5.69 Å². The first-order valence-electron chi connectivity index (χ1n) is 11.4. The van der Waals surface area contributed by atoms with Crippen molar-refractivity contribution in [1.29, 1.82) is 0 Å². The maximum atomic E-state index is 13.0. The molecule has 38 heavy (non-hydrogen) atoms. The number of nitrogens with two attached hydrogens (primary N) is 3. The topological polar surface area (TPSA) is 303 Å². The van der Waals surface area contributed by atoms with Crippen molar-refractivity contribution in [1.82, 2.24) is 25.9 Å². The lowest BCUT2D eigenvalue weighted by atomic mass is 10.0. The average Bonchev–Trinajstić information content (AvgIpc) is 3.33. The normalized spacial score (nSPS) is 13.8. The van der Waals surface area contributed by atoms with Crippen molar-refractivity contribution < 1.29 is 43.8 Å². The Bertz CT molecular complexity index is 1010. The number of H-pyrrole nitrogens is 1. The number of nitrogens with one attached hydrogen (secondary N) is 4. The van der Waals surface area contributed by atoms with Crippen LogP contribution in [0.1, 0.15) is 44.2 Å². The van der Waals surface area contributed by atoms with Gasteiger partial charge in [0.05, 0.1) is 12.4 Å². The summed E-state index contributed by atoms with van der Waals surface area (Å²) in [5.74, 6) is -7.15. The predicted octanol–water partition coefficient (Wildman–Crippen LogP) is -3.79. The monoisotopic (exact) mass is 540 g/mol. The number of hydrogen-bond donors (Lipinski definition) is 9. The quantitative estimate of drug-likeness (QED) is 0.0869. The number of carbonyl (C=O) groups excluding carboxylic acids is 5. The molecule has 0 aromatic carbocycles. The fraction of sp³-hybridized carbons (Fsp3) is 0.524. The summed E-state index contributed by atoms with van der Waals surface area (Å²) >= 11 is 0. The zero-order valence-corrected chi connectivity index (χ0v) is 20.3. The van der Waals surface area contributed by atoms with Gasteiger partial charge in [0.25, 0.3) is 0 Å². The van der Waals surface area contributed by atoms with Crippen LogP contribution in [0.15, 0.2) is 12.5 Å². The van der Waals surface area contributed by atoms with Gasteiger partial charge in [-0.25, -0.2) is 9.78 Å². The highest BCUT2D eigenvalue weighted by Gasteiger charge is 2.31. The summed E-state index contributed by atoms with van der Waals surface area (Å²) in [5, 5.41) is 25.1. The van der Waals surface area contributed by atoms with Gasteiger partial charge in [0.2, 0.25) is 29.5 Å². The van der Waals surface area contributed by atoms with E-state index in [1.54, 1.807) is 0 Å². The van der Waals surface area contributed by atoms with Gasteiger partial charge in [-0.15, -0.1) is 0 Å². The molecule has 0 spiro atoms. The zero-order valence-electron chi connectivity index (χ0n) is 20.3. The number of carboxylic acid groups (broad SMARTS) is 2. The number of hydrogen-bond acceptors (Lipinski definition) is 9. The first-order valence-corrected chi connectivity index (χ1v) is 11.4. The van der Waals surface area contributed by atoms with Crippen molar-refractivity contribution >= 4 is 41.5 Å². The lowest BCUT2D eigenvalue weighted by Crippen LogP contribution is -2.57. The summed E-state index contributed by atoms with van der Waals surface area (Å²) in [6.07, 6.45) is 0.554. The zero-order chi connectivity index (χ0) is 28.8. The SMILES string of the molecule is NC(=O)CCC(NC(=O)C(CCC(N)=O)NC(=O)C(CCC(=O)O)NC(=O)C(N)Cc1cnc[nH]1)C(=O)O. The standard InChI is InChI=1S/C21H32N8O9/c22-11(7-10-8-25-9-26-10)18(34)27-13(3-6-17(32)33)19(35)28-12(1-4-15(23)30)20(36)29-14(21(37)38)2-5-16(24)31/h8-9,11-14H,1-7,22H2,(H2,23,30)(H2,24,31)(H,25,26)(H,27,34)(H,28,35)(H,29,36)(H,32,33)(H,37,38). The van der Waals surface area contributed by atoms with Crippen LogP contribution >= 0.6 is 0 Å². The molecule has 1 heterocycles. The minimum atomic E-state index is -1.54. The molecule has 1 rings (SSSR count). The van der Waals surface area contributed by atoms with Gasteiger partial charge in [0, 0.05) is 37.6 Å². The first kappa shape index (κ1) is 31.5.